The van der Waals surface area contributed by atoms with Crippen molar-refractivity contribution in [1.29, 1.82) is 0 Å². The Kier molecular flexibility index (Phi) is 6.95. The zero-order valence-electron chi connectivity index (χ0n) is 22.4. The van der Waals surface area contributed by atoms with Crippen LogP contribution in [0.3, 0.4) is 0 Å². The summed E-state index contributed by atoms with van der Waals surface area (Å²) in [5, 5.41) is 19.1. The van der Waals surface area contributed by atoms with E-state index in [1.807, 2.05) is 56.3 Å². The summed E-state index contributed by atoms with van der Waals surface area (Å²) in [6.07, 6.45) is 2.23. The maximum absolute atomic E-state index is 15.2. The smallest absolute Gasteiger partial charge is 0.307 e. The minimum atomic E-state index is -0.778. The number of hydrogen-bond acceptors (Lipinski definition) is 4. The number of fused-ring (bicyclic) bond motifs is 1. The van der Waals surface area contributed by atoms with Gasteiger partial charge >= 0.3 is 5.97 Å². The van der Waals surface area contributed by atoms with Crippen LogP contribution in [-0.2, 0) is 11.2 Å². The second-order valence-corrected chi connectivity index (χ2v) is 11.3. The molecule has 5 rings (SSSR count). The van der Waals surface area contributed by atoms with Gasteiger partial charge in [-0.05, 0) is 117 Å². The molecule has 3 aromatic rings. The largest absolute Gasteiger partial charge is 0.493 e. The summed E-state index contributed by atoms with van der Waals surface area (Å²) in [5.41, 5.74) is 6.03. The highest BCUT2D eigenvalue weighted by molar-refractivity contribution is 5.77. The van der Waals surface area contributed by atoms with E-state index in [0.29, 0.717) is 37.2 Å². The molecule has 0 radical (unpaired) electrons. The van der Waals surface area contributed by atoms with E-state index in [-0.39, 0.29) is 23.8 Å². The SMILES string of the molecule is Cc1cc(OCCC(C)(C)O)cc(C)c1-c1ccc(F)c2c1CC[C@H]2Oc1ccc([C@H]2CC2C(=O)O)cc1. The highest BCUT2D eigenvalue weighted by Crippen LogP contribution is 2.48. The minimum Gasteiger partial charge on any atom is -0.493 e. The Morgan fingerprint density at radius 1 is 1.05 bits per heavy atom. The summed E-state index contributed by atoms with van der Waals surface area (Å²) in [4.78, 5) is 11.2. The fourth-order valence-electron chi connectivity index (χ4n) is 5.67. The summed E-state index contributed by atoms with van der Waals surface area (Å²) >= 11 is 0. The van der Waals surface area contributed by atoms with Crippen molar-refractivity contribution in [3.8, 4) is 22.6 Å². The Bertz CT molecular complexity index is 1330. The Balaban J connectivity index is 1.36. The molecule has 1 saturated carbocycles. The van der Waals surface area contributed by atoms with Crippen LogP contribution in [0.25, 0.3) is 11.1 Å². The molecule has 1 unspecified atom stereocenters. The molecule has 0 saturated heterocycles. The number of carboxylic acid groups (broad SMARTS) is 1. The van der Waals surface area contributed by atoms with Crippen molar-refractivity contribution in [1.82, 2.24) is 0 Å². The van der Waals surface area contributed by atoms with Crippen LogP contribution in [0, 0.1) is 25.6 Å². The van der Waals surface area contributed by atoms with Crippen LogP contribution in [0.1, 0.15) is 72.9 Å². The van der Waals surface area contributed by atoms with Crippen LogP contribution in [-0.4, -0.2) is 28.4 Å². The van der Waals surface area contributed by atoms with Crippen LogP contribution in [0.15, 0.2) is 48.5 Å². The van der Waals surface area contributed by atoms with E-state index in [4.69, 9.17) is 9.47 Å². The molecule has 3 aromatic carbocycles. The lowest BCUT2D eigenvalue weighted by Gasteiger charge is -2.20. The number of aliphatic hydroxyl groups is 1. The molecule has 0 aliphatic heterocycles. The van der Waals surface area contributed by atoms with Gasteiger partial charge in [-0.15, -0.1) is 0 Å². The van der Waals surface area contributed by atoms with E-state index in [9.17, 15) is 15.0 Å². The number of aryl methyl sites for hydroxylation is 2. The topological polar surface area (TPSA) is 76.0 Å². The number of carbonyl (C=O) groups is 1. The molecule has 0 bridgehead atoms. The first-order chi connectivity index (χ1) is 18.0. The summed E-state index contributed by atoms with van der Waals surface area (Å²) in [6.45, 7) is 8.04. The van der Waals surface area contributed by atoms with Gasteiger partial charge in [0.15, 0.2) is 0 Å². The normalized spacial score (nSPS) is 20.2. The summed E-state index contributed by atoms with van der Waals surface area (Å²) in [7, 11) is 0. The molecule has 0 heterocycles. The third kappa shape index (κ3) is 5.41. The highest BCUT2D eigenvalue weighted by Gasteiger charge is 2.44. The third-order valence-electron chi connectivity index (χ3n) is 7.73. The van der Waals surface area contributed by atoms with Crippen molar-refractivity contribution < 1.29 is 28.9 Å². The van der Waals surface area contributed by atoms with Gasteiger partial charge in [0.05, 0.1) is 18.1 Å². The van der Waals surface area contributed by atoms with Crippen LogP contribution < -0.4 is 9.47 Å². The first-order valence-electron chi connectivity index (χ1n) is 13.3. The molecule has 2 N–H and O–H groups in total. The minimum absolute atomic E-state index is 0.0681. The van der Waals surface area contributed by atoms with Gasteiger partial charge in [-0.2, -0.15) is 0 Å². The van der Waals surface area contributed by atoms with Crippen LogP contribution in [0.2, 0.25) is 0 Å². The molecule has 2 aliphatic carbocycles. The average Bonchev–Trinajstić information content (AvgIpc) is 3.54. The Morgan fingerprint density at radius 2 is 1.74 bits per heavy atom. The van der Waals surface area contributed by atoms with E-state index in [1.165, 1.54) is 6.07 Å². The molecule has 6 heteroatoms. The maximum atomic E-state index is 15.2. The third-order valence-corrected chi connectivity index (χ3v) is 7.73. The Labute approximate surface area is 223 Å². The maximum Gasteiger partial charge on any atom is 0.307 e. The number of halogens is 1. The van der Waals surface area contributed by atoms with Crippen LogP contribution >= 0.6 is 0 Å². The van der Waals surface area contributed by atoms with Gasteiger partial charge in [0, 0.05) is 12.0 Å². The Morgan fingerprint density at radius 3 is 2.34 bits per heavy atom. The van der Waals surface area contributed by atoms with E-state index < -0.39 is 11.6 Å². The number of ether oxygens (including phenoxy) is 2. The predicted molar refractivity (Wildman–Crippen MR) is 144 cm³/mol. The molecule has 0 amide bonds. The first-order valence-corrected chi connectivity index (χ1v) is 13.3. The molecule has 2 aliphatic rings. The zero-order valence-corrected chi connectivity index (χ0v) is 22.4. The molecule has 5 nitrogen and oxygen atoms in total. The van der Waals surface area contributed by atoms with Gasteiger partial charge in [-0.1, -0.05) is 18.2 Å². The number of carboxylic acids is 1. The zero-order chi connectivity index (χ0) is 27.2. The van der Waals surface area contributed by atoms with Gasteiger partial charge in [0.25, 0.3) is 0 Å². The fraction of sp³-hybridized carbons (Fsp3) is 0.406. The molecule has 0 spiro atoms. The van der Waals surface area contributed by atoms with Gasteiger partial charge in [-0.3, -0.25) is 4.79 Å². The molecular weight excluding hydrogens is 483 g/mol. The second kappa shape index (κ2) is 10.1. The van der Waals surface area contributed by atoms with Gasteiger partial charge in [-0.25, -0.2) is 4.39 Å². The van der Waals surface area contributed by atoms with E-state index in [0.717, 1.165) is 45.6 Å². The second-order valence-electron chi connectivity index (χ2n) is 11.3. The molecule has 200 valence electrons. The molecule has 1 fully saturated rings. The number of benzene rings is 3. The number of rotatable bonds is 9. The predicted octanol–water partition coefficient (Wildman–Crippen LogP) is 6.90. The first kappa shape index (κ1) is 26.2. The van der Waals surface area contributed by atoms with Crippen molar-refractivity contribution in [3.63, 3.8) is 0 Å². The molecule has 3 atom stereocenters. The van der Waals surface area contributed by atoms with E-state index in [2.05, 4.69) is 0 Å². The number of hydrogen-bond donors (Lipinski definition) is 2. The van der Waals surface area contributed by atoms with Gasteiger partial charge in [0.1, 0.15) is 23.4 Å². The standard InChI is InChI=1S/C32H35FO5/c1-18-15-22(37-14-13-32(3,4)36)16-19(2)29(18)23-9-11-27(33)30-24(23)10-12-28(30)38-21-7-5-20(6-8-21)25-17-26(25)31(34)35/h5-9,11,15-16,25-26,28,36H,10,12-14,17H2,1-4H3,(H,34,35)/t25-,26?,28-/m1/s1. The van der Waals surface area contributed by atoms with Crippen molar-refractivity contribution in [2.45, 2.75) is 71.0 Å². The summed E-state index contributed by atoms with van der Waals surface area (Å²) in [5.74, 6) is 0.186. The molecular formula is C32H35FO5. The lowest BCUT2D eigenvalue weighted by Crippen LogP contribution is -2.21. The fourth-order valence-corrected chi connectivity index (χ4v) is 5.67. The van der Waals surface area contributed by atoms with Crippen molar-refractivity contribution in [2.75, 3.05) is 6.61 Å². The monoisotopic (exact) mass is 518 g/mol. The molecule has 38 heavy (non-hydrogen) atoms. The lowest BCUT2D eigenvalue weighted by atomic mass is 9.90. The molecule has 0 aromatic heterocycles. The van der Waals surface area contributed by atoms with E-state index in [1.54, 1.807) is 13.8 Å². The van der Waals surface area contributed by atoms with Crippen LogP contribution in [0.4, 0.5) is 4.39 Å². The lowest BCUT2D eigenvalue weighted by molar-refractivity contribution is -0.138. The van der Waals surface area contributed by atoms with Crippen LogP contribution in [0.5, 0.6) is 11.5 Å². The van der Waals surface area contributed by atoms with Crippen molar-refractivity contribution >= 4 is 5.97 Å². The number of aliphatic carboxylic acids is 1. The van der Waals surface area contributed by atoms with Crippen molar-refractivity contribution in [2.24, 2.45) is 5.92 Å². The summed E-state index contributed by atoms with van der Waals surface area (Å²) < 4.78 is 27.3. The van der Waals surface area contributed by atoms with Gasteiger partial charge in [0.2, 0.25) is 0 Å². The Hall–Kier alpha value is -3.38. The highest BCUT2D eigenvalue weighted by atomic mass is 19.1. The van der Waals surface area contributed by atoms with Crippen molar-refractivity contribution in [3.05, 3.63) is 82.2 Å². The van der Waals surface area contributed by atoms with E-state index >= 15 is 4.39 Å². The quantitative estimate of drug-likeness (QED) is 0.322. The summed E-state index contributed by atoms with van der Waals surface area (Å²) in [6, 6.07) is 15.0. The average molecular weight is 519 g/mol. The van der Waals surface area contributed by atoms with Gasteiger partial charge < -0.3 is 19.7 Å².